The fourth-order valence-corrected chi connectivity index (χ4v) is 4.47. The van der Waals surface area contributed by atoms with Crippen molar-refractivity contribution >= 4 is 10.0 Å². The molecule has 2 unspecified atom stereocenters. The lowest BCUT2D eigenvalue weighted by Gasteiger charge is -2.37. The third-order valence-corrected chi connectivity index (χ3v) is 6.10. The molecule has 1 aromatic heterocycles. The Morgan fingerprint density at radius 3 is 2.70 bits per heavy atom. The van der Waals surface area contributed by atoms with Crippen LogP contribution in [0.1, 0.15) is 32.0 Å². The number of sulfonamides is 1. The fourth-order valence-electron chi connectivity index (χ4n) is 2.78. The Labute approximate surface area is 121 Å². The molecule has 1 aromatic rings. The molecular weight excluding hydrogens is 276 g/mol. The molecule has 0 aromatic carbocycles. The van der Waals surface area contributed by atoms with E-state index in [0.717, 1.165) is 19.3 Å². The average Bonchev–Trinajstić information content (AvgIpc) is 2.78. The maximum absolute atomic E-state index is 12.7. The average molecular weight is 300 g/mol. The van der Waals surface area contributed by atoms with Gasteiger partial charge in [0, 0.05) is 32.4 Å². The van der Waals surface area contributed by atoms with Crippen molar-refractivity contribution < 1.29 is 8.42 Å². The van der Waals surface area contributed by atoms with Gasteiger partial charge < -0.3 is 10.3 Å². The van der Waals surface area contributed by atoms with E-state index < -0.39 is 10.0 Å². The Balaban J connectivity index is 2.29. The van der Waals surface area contributed by atoms with Crippen molar-refractivity contribution in [1.82, 2.24) is 13.9 Å². The molecule has 0 amide bonds. The Hall–Kier alpha value is -0.920. The van der Waals surface area contributed by atoms with Gasteiger partial charge in [0.15, 0.2) is 5.03 Å². The standard InChI is InChI=1S/C13H24N4O2S/c1-4-11-5-6-17(12(7-11)8-14)20(18,19)13-9-16(3)10(2)15-13/h9,11-12H,4-8,14H2,1-3H3. The summed E-state index contributed by atoms with van der Waals surface area (Å²) in [6.45, 7) is 4.84. The van der Waals surface area contributed by atoms with Crippen molar-refractivity contribution in [3.63, 3.8) is 0 Å². The summed E-state index contributed by atoms with van der Waals surface area (Å²) in [5.41, 5.74) is 5.79. The fraction of sp³-hybridized carbons (Fsp3) is 0.769. The van der Waals surface area contributed by atoms with Crippen LogP contribution in [0.2, 0.25) is 0 Å². The number of aryl methyl sites for hydroxylation is 2. The van der Waals surface area contributed by atoms with E-state index in [-0.39, 0.29) is 11.1 Å². The van der Waals surface area contributed by atoms with Crippen LogP contribution in [0, 0.1) is 12.8 Å². The summed E-state index contributed by atoms with van der Waals surface area (Å²) in [7, 11) is -1.74. The summed E-state index contributed by atoms with van der Waals surface area (Å²) in [5.74, 6) is 1.26. The van der Waals surface area contributed by atoms with E-state index in [1.54, 1.807) is 29.0 Å². The summed E-state index contributed by atoms with van der Waals surface area (Å²) in [4.78, 5) is 4.16. The predicted molar refractivity (Wildman–Crippen MR) is 77.7 cm³/mol. The summed E-state index contributed by atoms with van der Waals surface area (Å²) >= 11 is 0. The largest absolute Gasteiger partial charge is 0.337 e. The molecule has 2 N–H and O–H groups in total. The van der Waals surface area contributed by atoms with Crippen molar-refractivity contribution in [2.75, 3.05) is 13.1 Å². The molecule has 0 spiro atoms. The molecule has 7 heteroatoms. The highest BCUT2D eigenvalue weighted by Crippen LogP contribution is 2.29. The molecule has 114 valence electrons. The number of nitrogens with zero attached hydrogens (tertiary/aromatic N) is 3. The predicted octanol–water partition coefficient (Wildman–Crippen LogP) is 0.867. The van der Waals surface area contributed by atoms with E-state index in [2.05, 4.69) is 11.9 Å². The van der Waals surface area contributed by atoms with Gasteiger partial charge >= 0.3 is 0 Å². The maximum atomic E-state index is 12.7. The van der Waals surface area contributed by atoms with E-state index in [9.17, 15) is 8.42 Å². The topological polar surface area (TPSA) is 81.2 Å². The van der Waals surface area contributed by atoms with E-state index in [1.165, 1.54) is 0 Å². The highest BCUT2D eigenvalue weighted by atomic mass is 32.2. The zero-order valence-corrected chi connectivity index (χ0v) is 13.2. The van der Waals surface area contributed by atoms with Crippen LogP contribution in [0.15, 0.2) is 11.2 Å². The minimum absolute atomic E-state index is 0.110. The first kappa shape index (κ1) is 15.5. The molecule has 0 aliphatic carbocycles. The van der Waals surface area contributed by atoms with Crippen molar-refractivity contribution in [1.29, 1.82) is 0 Å². The first-order chi connectivity index (χ1) is 9.40. The second-order valence-corrected chi connectivity index (χ2v) is 7.38. The second-order valence-electron chi connectivity index (χ2n) is 5.54. The van der Waals surface area contributed by atoms with Gasteiger partial charge in [0.05, 0.1) is 0 Å². The van der Waals surface area contributed by atoms with Crippen LogP contribution in [0.3, 0.4) is 0 Å². The monoisotopic (exact) mass is 300 g/mol. The van der Waals surface area contributed by atoms with Gasteiger partial charge in [-0.3, -0.25) is 0 Å². The van der Waals surface area contributed by atoms with Crippen LogP contribution < -0.4 is 5.73 Å². The van der Waals surface area contributed by atoms with Gasteiger partial charge in [-0.1, -0.05) is 13.3 Å². The lowest BCUT2D eigenvalue weighted by atomic mass is 9.90. The first-order valence-electron chi connectivity index (χ1n) is 7.12. The Kier molecular flexibility index (Phi) is 4.51. The van der Waals surface area contributed by atoms with Gasteiger partial charge in [-0.15, -0.1) is 0 Å². The quantitative estimate of drug-likeness (QED) is 0.894. The molecule has 2 heterocycles. The van der Waals surface area contributed by atoms with Gasteiger partial charge in [-0.2, -0.15) is 4.31 Å². The summed E-state index contributed by atoms with van der Waals surface area (Å²) in [6, 6.07) is -0.110. The molecule has 6 nitrogen and oxygen atoms in total. The van der Waals surface area contributed by atoms with E-state index in [1.807, 2.05) is 0 Å². The Bertz CT molecular complexity index is 547. The van der Waals surface area contributed by atoms with E-state index >= 15 is 0 Å². The van der Waals surface area contributed by atoms with Crippen molar-refractivity contribution in [2.24, 2.45) is 18.7 Å². The molecule has 2 rings (SSSR count). The van der Waals surface area contributed by atoms with Crippen molar-refractivity contribution in [3.8, 4) is 0 Å². The molecule has 0 bridgehead atoms. The molecular formula is C13H24N4O2S. The van der Waals surface area contributed by atoms with Crippen LogP contribution in [0.4, 0.5) is 0 Å². The zero-order valence-electron chi connectivity index (χ0n) is 12.4. The molecule has 20 heavy (non-hydrogen) atoms. The highest BCUT2D eigenvalue weighted by molar-refractivity contribution is 7.89. The van der Waals surface area contributed by atoms with Crippen LogP contribution in [-0.2, 0) is 17.1 Å². The maximum Gasteiger partial charge on any atom is 0.262 e. The molecule has 1 aliphatic heterocycles. The molecule has 1 saturated heterocycles. The summed E-state index contributed by atoms with van der Waals surface area (Å²) < 4.78 is 28.7. The van der Waals surface area contributed by atoms with Gasteiger partial charge in [0.2, 0.25) is 0 Å². The van der Waals surface area contributed by atoms with Crippen LogP contribution in [-0.4, -0.2) is 41.4 Å². The number of aromatic nitrogens is 2. The number of piperidine rings is 1. The minimum Gasteiger partial charge on any atom is -0.337 e. The lowest BCUT2D eigenvalue weighted by Crippen LogP contribution is -2.49. The Morgan fingerprint density at radius 1 is 1.50 bits per heavy atom. The number of hydrogen-bond acceptors (Lipinski definition) is 4. The van der Waals surface area contributed by atoms with Crippen molar-refractivity contribution in [2.45, 2.75) is 44.2 Å². The highest BCUT2D eigenvalue weighted by Gasteiger charge is 2.36. The van der Waals surface area contributed by atoms with Gasteiger partial charge in [0.25, 0.3) is 10.0 Å². The second kappa shape index (κ2) is 5.83. The minimum atomic E-state index is -3.54. The summed E-state index contributed by atoms with van der Waals surface area (Å²) in [6.07, 6.45) is 4.40. The third-order valence-electron chi connectivity index (χ3n) is 4.28. The molecule has 0 saturated carbocycles. The third kappa shape index (κ3) is 2.75. The van der Waals surface area contributed by atoms with Gasteiger partial charge in [-0.25, -0.2) is 13.4 Å². The Morgan fingerprint density at radius 2 is 2.20 bits per heavy atom. The van der Waals surface area contributed by atoms with E-state index in [0.29, 0.717) is 24.8 Å². The van der Waals surface area contributed by atoms with Crippen LogP contribution in [0.25, 0.3) is 0 Å². The zero-order chi connectivity index (χ0) is 14.9. The van der Waals surface area contributed by atoms with Gasteiger partial charge in [-0.05, 0) is 25.7 Å². The first-order valence-corrected chi connectivity index (χ1v) is 8.56. The lowest BCUT2D eigenvalue weighted by molar-refractivity contribution is 0.197. The van der Waals surface area contributed by atoms with Crippen LogP contribution in [0.5, 0.6) is 0 Å². The van der Waals surface area contributed by atoms with Gasteiger partial charge in [0.1, 0.15) is 5.82 Å². The molecule has 1 aliphatic rings. The summed E-state index contributed by atoms with van der Waals surface area (Å²) in [5, 5.41) is 0.130. The van der Waals surface area contributed by atoms with Crippen LogP contribution >= 0.6 is 0 Å². The van der Waals surface area contributed by atoms with E-state index in [4.69, 9.17) is 5.73 Å². The SMILES string of the molecule is CCC1CCN(S(=O)(=O)c2cn(C)c(C)n2)C(CN)C1. The number of nitrogens with two attached hydrogens (primary N) is 1. The normalized spacial score (nSPS) is 25.0. The molecule has 2 atom stereocenters. The number of imidazole rings is 1. The number of rotatable bonds is 4. The number of hydrogen-bond donors (Lipinski definition) is 1. The smallest absolute Gasteiger partial charge is 0.262 e. The molecule has 0 radical (unpaired) electrons. The van der Waals surface area contributed by atoms with Crippen molar-refractivity contribution in [3.05, 3.63) is 12.0 Å². The molecule has 1 fully saturated rings.